The molecule has 0 rings (SSSR count). The van der Waals surface area contributed by atoms with Gasteiger partial charge in [0.1, 0.15) is 0 Å². The van der Waals surface area contributed by atoms with Gasteiger partial charge in [0.25, 0.3) is 0 Å². The predicted octanol–water partition coefficient (Wildman–Crippen LogP) is 1.75. The molecular formula is C11H23NO2S. The topological polar surface area (TPSA) is 40.5 Å². The molecule has 0 aliphatic heterocycles. The predicted molar refractivity (Wildman–Crippen MR) is 66.2 cm³/mol. The number of unbranched alkanes of at least 4 members (excludes halogenated alkanes) is 1. The molecule has 0 saturated carbocycles. The highest BCUT2D eigenvalue weighted by Crippen LogP contribution is 2.13. The first-order chi connectivity index (χ1) is 6.95. The highest BCUT2D eigenvalue weighted by molar-refractivity contribution is 7.99. The third kappa shape index (κ3) is 5.42. The van der Waals surface area contributed by atoms with Crippen molar-refractivity contribution in [3.8, 4) is 0 Å². The molecule has 0 atom stereocenters. The molecule has 90 valence electrons. The highest BCUT2D eigenvalue weighted by Gasteiger charge is 2.26. The van der Waals surface area contributed by atoms with Crippen LogP contribution in [0, 0.1) is 0 Å². The van der Waals surface area contributed by atoms with Crippen LogP contribution in [0.15, 0.2) is 0 Å². The smallest absolute Gasteiger partial charge is 0.232 e. The molecule has 3 nitrogen and oxygen atoms in total. The van der Waals surface area contributed by atoms with Crippen molar-refractivity contribution in [2.75, 3.05) is 25.2 Å². The van der Waals surface area contributed by atoms with Gasteiger partial charge in [0.15, 0.2) is 0 Å². The van der Waals surface area contributed by atoms with E-state index in [-0.39, 0.29) is 12.5 Å². The van der Waals surface area contributed by atoms with Crippen LogP contribution >= 0.6 is 11.8 Å². The maximum absolute atomic E-state index is 11.7. The first-order valence-electron chi connectivity index (χ1n) is 5.41. The van der Waals surface area contributed by atoms with Gasteiger partial charge in [0.2, 0.25) is 5.91 Å². The van der Waals surface area contributed by atoms with Crippen LogP contribution in [0.4, 0.5) is 0 Å². The highest BCUT2D eigenvalue weighted by atomic mass is 32.2. The van der Waals surface area contributed by atoms with Crippen molar-refractivity contribution in [1.82, 2.24) is 4.90 Å². The molecule has 0 aromatic carbocycles. The van der Waals surface area contributed by atoms with E-state index in [2.05, 4.69) is 6.92 Å². The quantitative estimate of drug-likeness (QED) is 0.681. The summed E-state index contributed by atoms with van der Waals surface area (Å²) in [7, 11) is 1.75. The summed E-state index contributed by atoms with van der Waals surface area (Å²) in [4.78, 5) is 13.3. The number of likely N-dealkylation sites (N-methyl/N-ethyl adjacent to an activating group) is 1. The van der Waals surface area contributed by atoms with Crippen LogP contribution in [-0.4, -0.2) is 46.6 Å². The van der Waals surface area contributed by atoms with Gasteiger partial charge in [-0.25, -0.2) is 0 Å². The zero-order valence-corrected chi connectivity index (χ0v) is 11.1. The monoisotopic (exact) mass is 233 g/mol. The third-order valence-corrected chi connectivity index (χ3v) is 3.57. The lowest BCUT2D eigenvalue weighted by atomic mass is 10.1. The molecule has 15 heavy (non-hydrogen) atoms. The minimum absolute atomic E-state index is 0.00509. The van der Waals surface area contributed by atoms with Crippen LogP contribution in [-0.2, 0) is 4.79 Å². The Balaban J connectivity index is 3.89. The van der Waals surface area contributed by atoms with Crippen molar-refractivity contribution in [2.24, 2.45) is 0 Å². The van der Waals surface area contributed by atoms with Gasteiger partial charge in [-0.1, -0.05) is 13.3 Å². The van der Waals surface area contributed by atoms with Gasteiger partial charge >= 0.3 is 0 Å². The number of carbonyl (C=O) groups excluding carboxylic acids is 1. The number of nitrogens with zero attached hydrogens (tertiary/aromatic N) is 1. The summed E-state index contributed by atoms with van der Waals surface area (Å²) in [5.74, 6) is 1.64. The van der Waals surface area contributed by atoms with Crippen molar-refractivity contribution < 1.29 is 9.90 Å². The summed E-state index contributed by atoms with van der Waals surface area (Å²) >= 11 is 1.67. The molecule has 0 heterocycles. The number of aliphatic hydroxyl groups is 1. The minimum atomic E-state index is -0.456. The molecule has 0 unspecified atom stereocenters. The second-order valence-corrected chi connectivity index (χ2v) is 5.43. The standard InChI is InChI=1S/C11H23NO2S/c1-5-6-7-15-8-10(14)12(4)11(2,3)9-13/h13H,5-9H2,1-4H3. The number of amides is 1. The Kier molecular flexibility index (Phi) is 7.02. The number of rotatable bonds is 7. The van der Waals surface area contributed by atoms with E-state index in [0.29, 0.717) is 5.75 Å². The number of hydrogen-bond acceptors (Lipinski definition) is 3. The summed E-state index contributed by atoms with van der Waals surface area (Å²) < 4.78 is 0. The Morgan fingerprint density at radius 1 is 1.47 bits per heavy atom. The molecule has 0 fully saturated rings. The van der Waals surface area contributed by atoms with E-state index in [9.17, 15) is 4.79 Å². The number of hydrogen-bond donors (Lipinski definition) is 1. The first kappa shape index (κ1) is 14.8. The Morgan fingerprint density at radius 2 is 2.07 bits per heavy atom. The van der Waals surface area contributed by atoms with Gasteiger partial charge in [-0.2, -0.15) is 11.8 Å². The second-order valence-electron chi connectivity index (χ2n) is 4.33. The van der Waals surface area contributed by atoms with Crippen LogP contribution in [0.25, 0.3) is 0 Å². The van der Waals surface area contributed by atoms with Gasteiger partial charge in [-0.15, -0.1) is 0 Å². The van der Waals surface area contributed by atoms with E-state index in [1.807, 2.05) is 13.8 Å². The molecule has 0 aromatic heterocycles. The maximum Gasteiger partial charge on any atom is 0.232 e. The lowest BCUT2D eigenvalue weighted by molar-refractivity contribution is -0.133. The molecule has 1 amide bonds. The van der Waals surface area contributed by atoms with Crippen molar-refractivity contribution in [2.45, 2.75) is 39.2 Å². The van der Waals surface area contributed by atoms with Crippen molar-refractivity contribution in [3.63, 3.8) is 0 Å². The SMILES string of the molecule is CCCCSCC(=O)N(C)C(C)(C)CO. The average Bonchev–Trinajstić information content (AvgIpc) is 2.23. The van der Waals surface area contributed by atoms with Gasteiger partial charge in [0.05, 0.1) is 17.9 Å². The maximum atomic E-state index is 11.7. The van der Waals surface area contributed by atoms with Crippen molar-refractivity contribution in [3.05, 3.63) is 0 Å². The summed E-state index contributed by atoms with van der Waals surface area (Å²) in [6.07, 6.45) is 2.32. The van der Waals surface area contributed by atoms with Crippen molar-refractivity contribution >= 4 is 17.7 Å². The van der Waals surface area contributed by atoms with Crippen LogP contribution in [0.1, 0.15) is 33.6 Å². The zero-order chi connectivity index (χ0) is 11.9. The molecule has 0 aliphatic carbocycles. The zero-order valence-electron chi connectivity index (χ0n) is 10.2. The Hall–Kier alpha value is -0.220. The van der Waals surface area contributed by atoms with E-state index in [1.54, 1.807) is 23.7 Å². The van der Waals surface area contributed by atoms with Crippen LogP contribution in [0.3, 0.4) is 0 Å². The third-order valence-electron chi connectivity index (χ3n) is 2.54. The Labute approximate surface area is 97.2 Å². The van der Waals surface area contributed by atoms with Crippen molar-refractivity contribution in [1.29, 1.82) is 0 Å². The van der Waals surface area contributed by atoms with Gasteiger partial charge < -0.3 is 10.0 Å². The number of thioether (sulfide) groups is 1. The summed E-state index contributed by atoms with van der Waals surface area (Å²) in [6, 6.07) is 0. The Morgan fingerprint density at radius 3 is 2.53 bits per heavy atom. The average molecular weight is 233 g/mol. The molecular weight excluding hydrogens is 210 g/mol. The second kappa shape index (κ2) is 7.12. The summed E-state index contributed by atoms with van der Waals surface area (Å²) in [5, 5.41) is 9.12. The molecule has 0 spiro atoms. The molecule has 0 saturated heterocycles. The van der Waals surface area contributed by atoms with Gasteiger partial charge in [-0.05, 0) is 26.0 Å². The number of aliphatic hydroxyl groups excluding tert-OH is 1. The fourth-order valence-corrected chi connectivity index (χ4v) is 1.95. The Bertz CT molecular complexity index is 195. The van der Waals surface area contributed by atoms with Gasteiger partial charge in [-0.3, -0.25) is 4.79 Å². The largest absolute Gasteiger partial charge is 0.394 e. The number of carbonyl (C=O) groups is 1. The lowest BCUT2D eigenvalue weighted by Gasteiger charge is -2.33. The molecule has 0 aromatic rings. The van der Waals surface area contributed by atoms with Gasteiger partial charge in [0, 0.05) is 7.05 Å². The molecule has 0 bridgehead atoms. The fraction of sp³-hybridized carbons (Fsp3) is 0.909. The lowest BCUT2D eigenvalue weighted by Crippen LogP contribution is -2.48. The van der Waals surface area contributed by atoms with Crippen LogP contribution < -0.4 is 0 Å². The van der Waals surface area contributed by atoms with E-state index >= 15 is 0 Å². The molecule has 4 heteroatoms. The fourth-order valence-electron chi connectivity index (χ4n) is 0.946. The normalized spacial score (nSPS) is 11.5. The molecule has 0 aliphatic rings. The first-order valence-corrected chi connectivity index (χ1v) is 6.56. The minimum Gasteiger partial charge on any atom is -0.394 e. The van der Waals surface area contributed by atoms with Crippen LogP contribution in [0.5, 0.6) is 0 Å². The summed E-state index contributed by atoms with van der Waals surface area (Å²) in [6.45, 7) is 5.86. The van der Waals surface area contributed by atoms with E-state index < -0.39 is 5.54 Å². The molecule has 0 radical (unpaired) electrons. The summed E-state index contributed by atoms with van der Waals surface area (Å²) in [5.41, 5.74) is -0.456. The van der Waals surface area contributed by atoms with Crippen LogP contribution in [0.2, 0.25) is 0 Å². The van der Waals surface area contributed by atoms with E-state index in [1.165, 1.54) is 6.42 Å². The molecule has 1 N–H and O–H groups in total. The van der Waals surface area contributed by atoms with E-state index in [4.69, 9.17) is 5.11 Å². The van der Waals surface area contributed by atoms with E-state index in [0.717, 1.165) is 12.2 Å².